The normalized spacial score (nSPS) is 21.6. The van der Waals surface area contributed by atoms with Crippen molar-refractivity contribution in [3.8, 4) is 0 Å². The molecule has 2 heterocycles. The number of hydrogen-bond donors (Lipinski definition) is 1. The minimum absolute atomic E-state index is 0.0303. The quantitative estimate of drug-likeness (QED) is 0.780. The Morgan fingerprint density at radius 1 is 0.939 bits per heavy atom. The van der Waals surface area contributed by atoms with Gasteiger partial charge in [0, 0.05) is 62.2 Å². The topological polar surface area (TPSA) is 48.0 Å². The third-order valence-electron chi connectivity index (χ3n) is 7.43. The van der Waals surface area contributed by atoms with Gasteiger partial charge in [0.15, 0.2) is 0 Å². The molecule has 6 heteroatoms. The van der Waals surface area contributed by atoms with Crippen molar-refractivity contribution >= 4 is 17.3 Å². The number of likely N-dealkylation sites (N-methyl/N-ethyl adjacent to an activating group) is 1. The highest BCUT2D eigenvalue weighted by Crippen LogP contribution is 2.30. The number of amides is 1. The van der Waals surface area contributed by atoms with E-state index in [2.05, 4.69) is 58.3 Å². The number of morpholine rings is 1. The fourth-order valence-corrected chi connectivity index (χ4v) is 5.34. The largest absolute Gasteiger partial charge is 0.378 e. The molecule has 33 heavy (non-hydrogen) atoms. The molecule has 5 rings (SSSR count). The summed E-state index contributed by atoms with van der Waals surface area (Å²) in [6.45, 7) is 10.0. The molecule has 0 radical (unpaired) electrons. The van der Waals surface area contributed by atoms with Gasteiger partial charge in [-0.3, -0.25) is 4.79 Å². The monoisotopic (exact) mass is 448 g/mol. The molecule has 3 aliphatic rings. The van der Waals surface area contributed by atoms with Crippen LogP contribution < -0.4 is 15.1 Å². The summed E-state index contributed by atoms with van der Waals surface area (Å²) >= 11 is 0. The molecule has 0 aromatic heterocycles. The summed E-state index contributed by atoms with van der Waals surface area (Å²) in [4.78, 5) is 20.1. The zero-order chi connectivity index (χ0) is 22.8. The summed E-state index contributed by atoms with van der Waals surface area (Å²) in [5.41, 5.74) is 7.49. The Morgan fingerprint density at radius 3 is 2.39 bits per heavy atom. The van der Waals surface area contributed by atoms with Crippen LogP contribution in [0, 0.1) is 6.92 Å². The molecule has 0 saturated carbocycles. The molecule has 2 aliphatic heterocycles. The molecule has 0 spiro atoms. The molecule has 2 aromatic rings. The van der Waals surface area contributed by atoms with E-state index in [-0.39, 0.29) is 11.9 Å². The number of benzene rings is 2. The van der Waals surface area contributed by atoms with E-state index in [0.717, 1.165) is 83.0 Å². The van der Waals surface area contributed by atoms with E-state index < -0.39 is 0 Å². The first kappa shape index (κ1) is 22.2. The number of carbonyl (C=O) groups excluding carboxylic acids is 1. The van der Waals surface area contributed by atoms with E-state index in [9.17, 15) is 4.79 Å². The standard InChI is InChI=1S/C27H36N4O2/c1-20-17-23-18-24(6-3-22(23)19-26(20)31-11-9-29(2)10-12-31)28-27(32)21-4-7-25(8-5-21)30-13-15-33-16-14-30/h4-5,7-8,17,19,24H,3,6,9-16,18H2,1-2H3,(H,28,32)/t24-/m1/s1. The summed E-state index contributed by atoms with van der Waals surface area (Å²) in [6.07, 6.45) is 2.93. The molecule has 1 N–H and O–H groups in total. The van der Waals surface area contributed by atoms with Crippen molar-refractivity contribution in [2.75, 3.05) is 69.3 Å². The second-order valence-corrected chi connectivity index (χ2v) is 9.76. The molecule has 1 aliphatic carbocycles. The maximum Gasteiger partial charge on any atom is 0.251 e. The third kappa shape index (κ3) is 5.02. The minimum Gasteiger partial charge on any atom is -0.378 e. The van der Waals surface area contributed by atoms with Gasteiger partial charge in [0.25, 0.3) is 5.91 Å². The summed E-state index contributed by atoms with van der Waals surface area (Å²) in [6, 6.07) is 13.0. The van der Waals surface area contributed by atoms with Gasteiger partial charge in [-0.2, -0.15) is 0 Å². The Kier molecular flexibility index (Phi) is 6.56. The molecule has 176 valence electrons. The van der Waals surface area contributed by atoms with E-state index in [1.54, 1.807) is 0 Å². The van der Waals surface area contributed by atoms with Gasteiger partial charge >= 0.3 is 0 Å². The zero-order valence-electron chi connectivity index (χ0n) is 20.0. The van der Waals surface area contributed by atoms with E-state index in [0.29, 0.717) is 0 Å². The van der Waals surface area contributed by atoms with Crippen molar-refractivity contribution < 1.29 is 9.53 Å². The van der Waals surface area contributed by atoms with Crippen molar-refractivity contribution in [3.05, 3.63) is 58.7 Å². The number of rotatable bonds is 4. The first-order valence-electron chi connectivity index (χ1n) is 12.4. The van der Waals surface area contributed by atoms with E-state index in [4.69, 9.17) is 4.74 Å². The molecule has 2 aromatic carbocycles. The fourth-order valence-electron chi connectivity index (χ4n) is 5.34. The molecular formula is C27H36N4O2. The lowest BCUT2D eigenvalue weighted by Gasteiger charge is -2.36. The zero-order valence-corrected chi connectivity index (χ0v) is 20.0. The van der Waals surface area contributed by atoms with Gasteiger partial charge in [-0.25, -0.2) is 0 Å². The molecular weight excluding hydrogens is 412 g/mol. The number of fused-ring (bicyclic) bond motifs is 1. The van der Waals surface area contributed by atoms with Gasteiger partial charge in [0.05, 0.1) is 13.2 Å². The third-order valence-corrected chi connectivity index (χ3v) is 7.43. The fraction of sp³-hybridized carbons (Fsp3) is 0.519. The number of anilines is 2. The first-order valence-corrected chi connectivity index (χ1v) is 12.4. The highest BCUT2D eigenvalue weighted by Gasteiger charge is 2.24. The Balaban J connectivity index is 1.21. The highest BCUT2D eigenvalue weighted by molar-refractivity contribution is 5.94. The van der Waals surface area contributed by atoms with Crippen molar-refractivity contribution in [2.45, 2.75) is 32.2 Å². The molecule has 1 atom stereocenters. The van der Waals surface area contributed by atoms with Crippen molar-refractivity contribution in [2.24, 2.45) is 0 Å². The van der Waals surface area contributed by atoms with Crippen LogP contribution >= 0.6 is 0 Å². The van der Waals surface area contributed by atoms with Crippen molar-refractivity contribution in [3.63, 3.8) is 0 Å². The number of nitrogens with zero attached hydrogens (tertiary/aromatic N) is 3. The highest BCUT2D eigenvalue weighted by atomic mass is 16.5. The van der Waals surface area contributed by atoms with Crippen LogP contribution in [0.25, 0.3) is 0 Å². The molecule has 2 saturated heterocycles. The Hall–Kier alpha value is -2.57. The SMILES string of the molecule is Cc1cc2c(cc1N1CCN(C)CC1)CC[C@@H](NC(=O)c1ccc(N3CCOCC3)cc1)C2. The van der Waals surface area contributed by atoms with Gasteiger partial charge in [-0.05, 0) is 80.3 Å². The van der Waals surface area contributed by atoms with Crippen LogP contribution in [0.5, 0.6) is 0 Å². The summed E-state index contributed by atoms with van der Waals surface area (Å²) in [5, 5.41) is 3.29. The maximum absolute atomic E-state index is 12.9. The van der Waals surface area contributed by atoms with Gasteiger partial charge in [0.1, 0.15) is 0 Å². The van der Waals surface area contributed by atoms with Gasteiger partial charge < -0.3 is 24.8 Å². The van der Waals surface area contributed by atoms with Crippen LogP contribution in [-0.4, -0.2) is 76.4 Å². The van der Waals surface area contributed by atoms with Crippen LogP contribution in [0.3, 0.4) is 0 Å². The number of carbonyl (C=O) groups is 1. The van der Waals surface area contributed by atoms with Crippen molar-refractivity contribution in [1.82, 2.24) is 10.2 Å². The van der Waals surface area contributed by atoms with Crippen LogP contribution in [0.15, 0.2) is 36.4 Å². The average molecular weight is 449 g/mol. The minimum atomic E-state index is 0.0303. The van der Waals surface area contributed by atoms with Gasteiger partial charge in [-0.15, -0.1) is 0 Å². The summed E-state index contributed by atoms with van der Waals surface area (Å²) < 4.78 is 5.43. The first-order chi connectivity index (χ1) is 16.1. The van der Waals surface area contributed by atoms with E-state index in [1.165, 1.54) is 22.4 Å². The van der Waals surface area contributed by atoms with Crippen molar-refractivity contribution in [1.29, 1.82) is 0 Å². The van der Waals surface area contributed by atoms with Crippen LogP contribution in [0.2, 0.25) is 0 Å². The maximum atomic E-state index is 12.9. The number of aryl methyl sites for hydroxylation is 2. The van der Waals surface area contributed by atoms with Gasteiger partial charge in [-0.1, -0.05) is 6.07 Å². The van der Waals surface area contributed by atoms with Crippen LogP contribution in [0.1, 0.15) is 33.5 Å². The Bertz CT molecular complexity index is 976. The predicted molar refractivity (Wildman–Crippen MR) is 134 cm³/mol. The van der Waals surface area contributed by atoms with Crippen LogP contribution in [0.4, 0.5) is 11.4 Å². The lowest BCUT2D eigenvalue weighted by Crippen LogP contribution is -2.45. The number of hydrogen-bond acceptors (Lipinski definition) is 5. The second kappa shape index (κ2) is 9.74. The van der Waals surface area contributed by atoms with E-state index >= 15 is 0 Å². The van der Waals surface area contributed by atoms with Gasteiger partial charge in [0.2, 0.25) is 0 Å². The lowest BCUT2D eigenvalue weighted by atomic mass is 9.86. The summed E-state index contributed by atoms with van der Waals surface area (Å²) in [5.74, 6) is 0.0303. The Labute approximate surface area is 197 Å². The summed E-state index contributed by atoms with van der Waals surface area (Å²) in [7, 11) is 2.20. The smallest absolute Gasteiger partial charge is 0.251 e. The molecule has 2 fully saturated rings. The second-order valence-electron chi connectivity index (χ2n) is 9.76. The lowest BCUT2D eigenvalue weighted by molar-refractivity contribution is 0.0933. The molecule has 6 nitrogen and oxygen atoms in total. The predicted octanol–water partition coefficient (Wildman–Crippen LogP) is 2.87. The van der Waals surface area contributed by atoms with E-state index in [1.807, 2.05) is 12.1 Å². The Morgan fingerprint density at radius 2 is 1.67 bits per heavy atom. The number of ether oxygens (including phenoxy) is 1. The average Bonchev–Trinajstić information content (AvgIpc) is 2.85. The molecule has 0 unspecified atom stereocenters. The molecule has 0 bridgehead atoms. The number of nitrogens with one attached hydrogen (secondary N) is 1. The molecule has 1 amide bonds. The number of piperazine rings is 1. The van der Waals surface area contributed by atoms with Crippen LogP contribution in [-0.2, 0) is 17.6 Å².